The third-order valence-electron chi connectivity index (χ3n) is 3.31. The van der Waals surface area contributed by atoms with E-state index in [4.69, 9.17) is 0 Å². The molecule has 1 aliphatic rings. The zero-order chi connectivity index (χ0) is 12.9. The Morgan fingerprint density at radius 1 is 1.24 bits per heavy atom. The number of piperazine rings is 1. The molecule has 4 nitrogen and oxygen atoms in total. The molecule has 4 heteroatoms. The van der Waals surface area contributed by atoms with Gasteiger partial charge in [-0.2, -0.15) is 5.26 Å². The molecule has 0 bridgehead atoms. The Kier molecular flexibility index (Phi) is 5.38. The molecule has 0 aromatic carbocycles. The van der Waals surface area contributed by atoms with Gasteiger partial charge in [0.2, 0.25) is 0 Å². The van der Waals surface area contributed by atoms with Crippen LogP contribution in [0, 0.1) is 11.3 Å². The molecule has 0 saturated carbocycles. The summed E-state index contributed by atoms with van der Waals surface area (Å²) in [4.78, 5) is 4.85. The van der Waals surface area contributed by atoms with Gasteiger partial charge in [0.1, 0.15) is 5.54 Å². The van der Waals surface area contributed by atoms with Crippen LogP contribution in [-0.2, 0) is 0 Å². The van der Waals surface area contributed by atoms with Crippen molar-refractivity contribution >= 4 is 0 Å². The molecule has 0 aromatic heterocycles. The second-order valence-electron chi connectivity index (χ2n) is 5.45. The van der Waals surface area contributed by atoms with Gasteiger partial charge in [-0.05, 0) is 27.3 Å². The summed E-state index contributed by atoms with van der Waals surface area (Å²) >= 11 is 0. The normalized spacial score (nSPS) is 22.4. The summed E-state index contributed by atoms with van der Waals surface area (Å²) in [6.07, 6.45) is 0. The van der Waals surface area contributed by atoms with Gasteiger partial charge in [0, 0.05) is 38.8 Å². The first kappa shape index (κ1) is 14.4. The van der Waals surface area contributed by atoms with Gasteiger partial charge in [0.25, 0.3) is 0 Å². The Bertz CT molecular complexity index is 263. The van der Waals surface area contributed by atoms with E-state index in [1.54, 1.807) is 0 Å². The first-order chi connectivity index (χ1) is 7.99. The molecule has 0 spiro atoms. The standard InChI is InChI=1S/C13H26N4/c1-5-16-6-8-17(9-7-16)11-13(4,10-14)15-12(2)3/h12,15H,5-9,11H2,1-4H3. The van der Waals surface area contributed by atoms with Crippen LogP contribution < -0.4 is 5.32 Å². The maximum atomic E-state index is 9.31. The minimum atomic E-state index is -0.428. The molecular weight excluding hydrogens is 212 g/mol. The summed E-state index contributed by atoms with van der Waals surface area (Å²) < 4.78 is 0. The van der Waals surface area contributed by atoms with Crippen LogP contribution >= 0.6 is 0 Å². The number of likely N-dealkylation sites (N-methyl/N-ethyl adjacent to an activating group) is 1. The maximum Gasteiger partial charge on any atom is 0.116 e. The highest BCUT2D eigenvalue weighted by Crippen LogP contribution is 2.10. The average Bonchev–Trinajstić information content (AvgIpc) is 2.29. The van der Waals surface area contributed by atoms with E-state index in [0.29, 0.717) is 6.04 Å². The molecule has 0 amide bonds. The summed E-state index contributed by atoms with van der Waals surface area (Å²) in [5, 5.41) is 12.7. The van der Waals surface area contributed by atoms with Crippen molar-refractivity contribution in [3.8, 4) is 6.07 Å². The van der Waals surface area contributed by atoms with Gasteiger partial charge < -0.3 is 4.90 Å². The highest BCUT2D eigenvalue weighted by molar-refractivity contribution is 5.06. The predicted molar refractivity (Wildman–Crippen MR) is 70.8 cm³/mol. The Hall–Kier alpha value is -0.630. The van der Waals surface area contributed by atoms with Crippen molar-refractivity contribution in [2.75, 3.05) is 39.3 Å². The van der Waals surface area contributed by atoms with E-state index in [1.165, 1.54) is 0 Å². The highest BCUT2D eigenvalue weighted by Gasteiger charge is 2.28. The third-order valence-corrected chi connectivity index (χ3v) is 3.31. The maximum absolute atomic E-state index is 9.31. The smallest absolute Gasteiger partial charge is 0.116 e. The van der Waals surface area contributed by atoms with Gasteiger partial charge in [-0.15, -0.1) is 0 Å². The Balaban J connectivity index is 2.45. The van der Waals surface area contributed by atoms with Crippen LogP contribution in [0.5, 0.6) is 0 Å². The van der Waals surface area contributed by atoms with Gasteiger partial charge in [-0.1, -0.05) is 6.92 Å². The summed E-state index contributed by atoms with van der Waals surface area (Å²) in [5.74, 6) is 0. The van der Waals surface area contributed by atoms with E-state index < -0.39 is 5.54 Å². The molecule has 98 valence electrons. The molecule has 1 atom stereocenters. The van der Waals surface area contributed by atoms with E-state index >= 15 is 0 Å². The Morgan fingerprint density at radius 3 is 2.18 bits per heavy atom. The van der Waals surface area contributed by atoms with Crippen molar-refractivity contribution in [2.45, 2.75) is 39.3 Å². The minimum absolute atomic E-state index is 0.344. The van der Waals surface area contributed by atoms with Crippen molar-refractivity contribution in [2.24, 2.45) is 0 Å². The number of rotatable bonds is 5. The van der Waals surface area contributed by atoms with Crippen molar-refractivity contribution < 1.29 is 0 Å². The number of nitrogens with zero attached hydrogens (tertiary/aromatic N) is 3. The van der Waals surface area contributed by atoms with Crippen molar-refractivity contribution in [1.82, 2.24) is 15.1 Å². The van der Waals surface area contributed by atoms with Crippen molar-refractivity contribution in [3.05, 3.63) is 0 Å². The summed E-state index contributed by atoms with van der Waals surface area (Å²) in [6.45, 7) is 14.7. The first-order valence-electron chi connectivity index (χ1n) is 6.63. The lowest BCUT2D eigenvalue weighted by molar-refractivity contribution is 0.117. The molecule has 1 N–H and O–H groups in total. The lowest BCUT2D eigenvalue weighted by atomic mass is 10.0. The highest BCUT2D eigenvalue weighted by atomic mass is 15.3. The van der Waals surface area contributed by atoms with Gasteiger partial charge in [-0.3, -0.25) is 10.2 Å². The lowest BCUT2D eigenvalue weighted by Crippen LogP contribution is -2.56. The molecule has 0 aromatic rings. The molecule has 17 heavy (non-hydrogen) atoms. The molecule has 0 aliphatic carbocycles. The SMILES string of the molecule is CCN1CCN(CC(C)(C#N)NC(C)C)CC1. The van der Waals surface area contributed by atoms with E-state index in [-0.39, 0.29) is 0 Å². The van der Waals surface area contributed by atoms with Crippen LogP contribution in [0.15, 0.2) is 0 Å². The van der Waals surface area contributed by atoms with Crippen LogP contribution in [-0.4, -0.2) is 60.6 Å². The van der Waals surface area contributed by atoms with Gasteiger partial charge in [0.05, 0.1) is 6.07 Å². The fraction of sp³-hybridized carbons (Fsp3) is 0.923. The Morgan fingerprint density at radius 2 is 1.76 bits per heavy atom. The van der Waals surface area contributed by atoms with E-state index in [9.17, 15) is 5.26 Å². The quantitative estimate of drug-likeness (QED) is 0.773. The summed E-state index contributed by atoms with van der Waals surface area (Å²) in [5.41, 5.74) is -0.428. The molecule has 1 saturated heterocycles. The molecule has 1 heterocycles. The Labute approximate surface area is 106 Å². The van der Waals surface area contributed by atoms with Crippen LogP contribution in [0.3, 0.4) is 0 Å². The fourth-order valence-electron chi connectivity index (χ4n) is 2.46. The van der Waals surface area contributed by atoms with Crippen molar-refractivity contribution in [3.63, 3.8) is 0 Å². The predicted octanol–water partition coefficient (Wildman–Crippen LogP) is 0.904. The minimum Gasteiger partial charge on any atom is -0.301 e. The largest absolute Gasteiger partial charge is 0.301 e. The summed E-state index contributed by atoms with van der Waals surface area (Å²) in [7, 11) is 0. The molecule has 1 unspecified atom stereocenters. The van der Waals surface area contributed by atoms with Gasteiger partial charge >= 0.3 is 0 Å². The molecule has 0 radical (unpaired) electrons. The summed E-state index contributed by atoms with van der Waals surface area (Å²) in [6, 6.07) is 2.76. The second kappa shape index (κ2) is 6.34. The topological polar surface area (TPSA) is 42.3 Å². The number of hydrogen-bond donors (Lipinski definition) is 1. The fourth-order valence-corrected chi connectivity index (χ4v) is 2.46. The second-order valence-corrected chi connectivity index (χ2v) is 5.45. The third kappa shape index (κ3) is 4.63. The van der Waals surface area contributed by atoms with E-state index in [2.05, 4.69) is 42.0 Å². The monoisotopic (exact) mass is 238 g/mol. The van der Waals surface area contributed by atoms with Crippen LogP contribution in [0.2, 0.25) is 0 Å². The number of hydrogen-bond acceptors (Lipinski definition) is 4. The molecule has 1 aliphatic heterocycles. The zero-order valence-electron chi connectivity index (χ0n) is 11.7. The zero-order valence-corrected chi connectivity index (χ0v) is 11.7. The first-order valence-corrected chi connectivity index (χ1v) is 6.63. The van der Waals surface area contributed by atoms with Gasteiger partial charge in [-0.25, -0.2) is 0 Å². The molecular formula is C13H26N4. The van der Waals surface area contributed by atoms with Crippen LogP contribution in [0.25, 0.3) is 0 Å². The van der Waals surface area contributed by atoms with E-state index in [0.717, 1.165) is 39.3 Å². The average molecular weight is 238 g/mol. The van der Waals surface area contributed by atoms with Crippen molar-refractivity contribution in [1.29, 1.82) is 5.26 Å². The molecule has 1 rings (SSSR count). The molecule has 1 fully saturated rings. The van der Waals surface area contributed by atoms with E-state index in [1.807, 2.05) is 6.92 Å². The number of nitrogens with one attached hydrogen (secondary N) is 1. The number of nitriles is 1. The van der Waals surface area contributed by atoms with Crippen LogP contribution in [0.4, 0.5) is 0 Å². The van der Waals surface area contributed by atoms with Crippen LogP contribution in [0.1, 0.15) is 27.7 Å². The lowest BCUT2D eigenvalue weighted by Gasteiger charge is -2.38. The van der Waals surface area contributed by atoms with Gasteiger partial charge in [0.15, 0.2) is 0 Å².